The molecule has 25 heavy (non-hydrogen) atoms. The molecule has 2 aromatic carbocycles. The summed E-state index contributed by atoms with van der Waals surface area (Å²) in [6, 6.07) is 15.7. The zero-order valence-electron chi connectivity index (χ0n) is 14.7. The van der Waals surface area contributed by atoms with Gasteiger partial charge in [0, 0.05) is 6.92 Å². The first kappa shape index (κ1) is 17.0. The van der Waals surface area contributed by atoms with Crippen LogP contribution in [0.4, 0.5) is 0 Å². The lowest BCUT2D eigenvalue weighted by Gasteiger charge is -2.19. The molecule has 5 nitrogen and oxygen atoms in total. The molecule has 0 bridgehead atoms. The minimum absolute atomic E-state index is 0.287. The van der Waals surface area contributed by atoms with Crippen LogP contribution >= 0.6 is 0 Å². The molecular weight excluding hydrogens is 316 g/mol. The van der Waals surface area contributed by atoms with E-state index in [9.17, 15) is 4.79 Å². The first-order valence-corrected chi connectivity index (χ1v) is 8.31. The Labute approximate surface area is 147 Å². The quantitative estimate of drug-likeness (QED) is 0.644. The highest BCUT2D eigenvalue weighted by Gasteiger charge is 2.17. The lowest BCUT2D eigenvalue weighted by molar-refractivity contribution is -0.148. The van der Waals surface area contributed by atoms with Crippen molar-refractivity contribution in [2.24, 2.45) is 0 Å². The zero-order chi connectivity index (χ0) is 17.8. The highest BCUT2D eigenvalue weighted by Crippen LogP contribution is 2.18. The number of esters is 1. The minimum Gasteiger partial charge on any atom is -0.490 e. The van der Waals surface area contributed by atoms with Gasteiger partial charge in [0.2, 0.25) is 0 Å². The number of hydrogen-bond acceptors (Lipinski definition) is 4. The van der Waals surface area contributed by atoms with Crippen molar-refractivity contribution >= 4 is 17.0 Å². The molecule has 3 aromatic rings. The van der Waals surface area contributed by atoms with Crippen LogP contribution in [0.25, 0.3) is 11.0 Å². The number of ether oxygens (including phenoxy) is 2. The minimum atomic E-state index is -0.394. The van der Waals surface area contributed by atoms with Crippen LogP contribution in [0, 0.1) is 13.8 Å². The third-order valence-corrected chi connectivity index (χ3v) is 3.99. The molecule has 0 N–H and O–H groups in total. The summed E-state index contributed by atoms with van der Waals surface area (Å²) in [5, 5.41) is 0. The van der Waals surface area contributed by atoms with Gasteiger partial charge in [-0.05, 0) is 43.7 Å². The lowest BCUT2D eigenvalue weighted by Crippen LogP contribution is -2.29. The molecule has 0 amide bonds. The number of fused-ring (bicyclic) bond motifs is 1. The summed E-state index contributed by atoms with van der Waals surface area (Å²) < 4.78 is 13.4. The predicted octanol–water partition coefficient (Wildman–Crippen LogP) is 3.66. The van der Waals surface area contributed by atoms with Gasteiger partial charge in [-0.2, -0.15) is 0 Å². The van der Waals surface area contributed by atoms with Crippen LogP contribution in [0.1, 0.15) is 18.3 Å². The van der Waals surface area contributed by atoms with E-state index in [4.69, 9.17) is 9.47 Å². The van der Waals surface area contributed by atoms with Crippen LogP contribution in [0.15, 0.2) is 48.5 Å². The van der Waals surface area contributed by atoms with Gasteiger partial charge in [0.25, 0.3) is 0 Å². The normalized spacial score (nSPS) is 12.1. The Kier molecular flexibility index (Phi) is 5.03. The molecule has 0 aliphatic rings. The number of rotatable bonds is 6. The molecule has 1 aromatic heterocycles. The van der Waals surface area contributed by atoms with Crippen molar-refractivity contribution in [3.8, 4) is 5.75 Å². The van der Waals surface area contributed by atoms with E-state index < -0.39 is 6.10 Å². The summed E-state index contributed by atoms with van der Waals surface area (Å²) in [4.78, 5) is 16.1. The van der Waals surface area contributed by atoms with Crippen molar-refractivity contribution in [2.45, 2.75) is 33.4 Å². The molecule has 0 aliphatic heterocycles. The van der Waals surface area contributed by atoms with Crippen molar-refractivity contribution in [1.29, 1.82) is 0 Å². The van der Waals surface area contributed by atoms with Gasteiger partial charge in [0.05, 0.1) is 17.6 Å². The van der Waals surface area contributed by atoms with Crippen molar-refractivity contribution in [1.82, 2.24) is 9.55 Å². The predicted molar refractivity (Wildman–Crippen MR) is 96.7 cm³/mol. The molecule has 130 valence electrons. The number of imidazole rings is 1. The second-order valence-electron chi connectivity index (χ2n) is 6.12. The molecular formula is C20H22N2O3. The molecule has 0 spiro atoms. The first-order chi connectivity index (χ1) is 12.0. The van der Waals surface area contributed by atoms with E-state index in [0.29, 0.717) is 6.54 Å². The van der Waals surface area contributed by atoms with Crippen molar-refractivity contribution in [3.63, 3.8) is 0 Å². The van der Waals surface area contributed by atoms with Gasteiger partial charge >= 0.3 is 5.97 Å². The van der Waals surface area contributed by atoms with Crippen molar-refractivity contribution in [3.05, 3.63) is 59.9 Å². The fourth-order valence-corrected chi connectivity index (χ4v) is 2.88. The van der Waals surface area contributed by atoms with Gasteiger partial charge in [0.1, 0.15) is 18.2 Å². The van der Waals surface area contributed by atoms with Crippen molar-refractivity contribution in [2.75, 3.05) is 6.61 Å². The van der Waals surface area contributed by atoms with E-state index in [1.165, 1.54) is 6.92 Å². The maximum atomic E-state index is 11.5. The fraction of sp³-hybridized carbons (Fsp3) is 0.300. The number of benzene rings is 2. The average molecular weight is 338 g/mol. The summed E-state index contributed by atoms with van der Waals surface area (Å²) in [6.07, 6.45) is -0.394. The SMILES string of the molecule is CC(=O)OC(COc1cccc(C)c1)Cn1c(C)nc2ccccc21. The van der Waals surface area contributed by atoms with Crippen LogP contribution in [-0.4, -0.2) is 28.2 Å². The van der Waals surface area contributed by atoms with Gasteiger partial charge in [0.15, 0.2) is 6.10 Å². The molecule has 1 atom stereocenters. The number of para-hydroxylation sites is 2. The third-order valence-electron chi connectivity index (χ3n) is 3.99. The lowest BCUT2D eigenvalue weighted by atomic mass is 10.2. The molecule has 0 fully saturated rings. The Balaban J connectivity index is 1.78. The summed E-state index contributed by atoms with van der Waals surface area (Å²) in [7, 11) is 0. The molecule has 5 heteroatoms. The largest absolute Gasteiger partial charge is 0.490 e. The smallest absolute Gasteiger partial charge is 0.303 e. The molecule has 0 radical (unpaired) electrons. The van der Waals surface area contributed by atoms with E-state index >= 15 is 0 Å². The number of nitrogens with zero attached hydrogens (tertiary/aromatic N) is 2. The first-order valence-electron chi connectivity index (χ1n) is 8.31. The Hall–Kier alpha value is -2.82. The van der Waals surface area contributed by atoms with E-state index in [1.54, 1.807) is 0 Å². The highest BCUT2D eigenvalue weighted by atomic mass is 16.6. The third kappa shape index (κ3) is 4.18. The summed E-state index contributed by atoms with van der Waals surface area (Å²) in [6.45, 7) is 6.16. The summed E-state index contributed by atoms with van der Waals surface area (Å²) >= 11 is 0. The Morgan fingerprint density at radius 3 is 2.72 bits per heavy atom. The number of aryl methyl sites for hydroxylation is 2. The maximum absolute atomic E-state index is 11.5. The van der Waals surface area contributed by atoms with E-state index in [2.05, 4.69) is 9.55 Å². The molecule has 0 saturated carbocycles. The standard InChI is InChI=1S/C20H22N2O3/c1-14-7-6-8-17(11-14)24-13-18(25-16(3)23)12-22-15(2)21-19-9-4-5-10-20(19)22/h4-11,18H,12-13H2,1-3H3. The monoisotopic (exact) mass is 338 g/mol. The molecule has 1 heterocycles. The second-order valence-corrected chi connectivity index (χ2v) is 6.12. The Bertz CT molecular complexity index is 886. The topological polar surface area (TPSA) is 53.4 Å². The van der Waals surface area contributed by atoms with E-state index in [-0.39, 0.29) is 12.6 Å². The van der Waals surface area contributed by atoms with E-state index in [0.717, 1.165) is 28.2 Å². The van der Waals surface area contributed by atoms with Gasteiger partial charge in [-0.1, -0.05) is 24.3 Å². The number of carbonyl (C=O) groups is 1. The number of carbonyl (C=O) groups excluding carboxylic acids is 1. The number of hydrogen-bond donors (Lipinski definition) is 0. The number of aromatic nitrogens is 2. The maximum Gasteiger partial charge on any atom is 0.303 e. The van der Waals surface area contributed by atoms with Gasteiger partial charge in [-0.25, -0.2) is 4.98 Å². The van der Waals surface area contributed by atoms with Crippen LogP contribution in [0.3, 0.4) is 0 Å². The van der Waals surface area contributed by atoms with E-state index in [1.807, 2.05) is 62.4 Å². The zero-order valence-corrected chi connectivity index (χ0v) is 14.7. The summed E-state index contributed by atoms with van der Waals surface area (Å²) in [5.74, 6) is 1.33. The van der Waals surface area contributed by atoms with Gasteiger partial charge in [-0.15, -0.1) is 0 Å². The fourth-order valence-electron chi connectivity index (χ4n) is 2.88. The van der Waals surface area contributed by atoms with Gasteiger partial charge in [-0.3, -0.25) is 4.79 Å². The average Bonchev–Trinajstić information content (AvgIpc) is 2.88. The summed E-state index contributed by atoms with van der Waals surface area (Å²) in [5.41, 5.74) is 3.08. The molecule has 0 saturated heterocycles. The van der Waals surface area contributed by atoms with Gasteiger partial charge < -0.3 is 14.0 Å². The second kappa shape index (κ2) is 7.38. The molecule has 0 aliphatic carbocycles. The highest BCUT2D eigenvalue weighted by molar-refractivity contribution is 5.75. The molecule has 3 rings (SSSR count). The van der Waals surface area contributed by atoms with Crippen LogP contribution in [-0.2, 0) is 16.1 Å². The Morgan fingerprint density at radius 1 is 1.16 bits per heavy atom. The van der Waals surface area contributed by atoms with Crippen LogP contribution in [0.5, 0.6) is 5.75 Å². The van der Waals surface area contributed by atoms with Crippen molar-refractivity contribution < 1.29 is 14.3 Å². The van der Waals surface area contributed by atoms with Crippen LogP contribution < -0.4 is 4.74 Å². The Morgan fingerprint density at radius 2 is 1.96 bits per heavy atom. The van der Waals surface area contributed by atoms with Crippen LogP contribution in [0.2, 0.25) is 0 Å². The molecule has 1 unspecified atom stereocenters.